The van der Waals surface area contributed by atoms with Crippen LogP contribution in [0.2, 0.25) is 0 Å². The van der Waals surface area contributed by atoms with Gasteiger partial charge < -0.3 is 15.4 Å². The summed E-state index contributed by atoms with van der Waals surface area (Å²) >= 11 is 0. The predicted molar refractivity (Wildman–Crippen MR) is 110 cm³/mol. The summed E-state index contributed by atoms with van der Waals surface area (Å²) in [7, 11) is 0. The standard InChI is InChI=1S/C20H22N4O6.ClH/c25-15-7-6-13(18(27)23-15)24-19(28)12-4-1-5-14(17(12)20(24)29)30-10-16(26)22-9-11-3-2-8-21-11;/h1,4-5,11,13,21H,2-3,6-10H2,(H,22,26)(H,23,25,27);1H. The van der Waals surface area contributed by atoms with Crippen LogP contribution in [0.4, 0.5) is 0 Å². The lowest BCUT2D eigenvalue weighted by molar-refractivity contribution is -0.136. The zero-order valence-corrected chi connectivity index (χ0v) is 17.5. The summed E-state index contributed by atoms with van der Waals surface area (Å²) in [5, 5.41) is 8.21. The lowest BCUT2D eigenvalue weighted by Gasteiger charge is -2.27. The molecular weight excluding hydrogens is 428 g/mol. The molecule has 3 aliphatic heterocycles. The molecule has 1 aromatic carbocycles. The Kier molecular flexibility index (Phi) is 6.91. The van der Waals surface area contributed by atoms with Crippen molar-refractivity contribution in [3.63, 3.8) is 0 Å². The molecule has 0 radical (unpaired) electrons. The van der Waals surface area contributed by atoms with Crippen LogP contribution in [0.5, 0.6) is 5.75 Å². The molecule has 31 heavy (non-hydrogen) atoms. The smallest absolute Gasteiger partial charge is 0.266 e. The van der Waals surface area contributed by atoms with Gasteiger partial charge >= 0.3 is 0 Å². The highest BCUT2D eigenvalue weighted by molar-refractivity contribution is 6.24. The van der Waals surface area contributed by atoms with Crippen molar-refractivity contribution in [2.24, 2.45) is 0 Å². The number of carbonyl (C=O) groups excluding carboxylic acids is 5. The summed E-state index contributed by atoms with van der Waals surface area (Å²) in [5.41, 5.74) is 0.134. The van der Waals surface area contributed by atoms with Crippen LogP contribution < -0.4 is 20.7 Å². The largest absolute Gasteiger partial charge is 0.483 e. The van der Waals surface area contributed by atoms with Crippen molar-refractivity contribution in [1.29, 1.82) is 0 Å². The molecule has 166 valence electrons. The van der Waals surface area contributed by atoms with E-state index in [1.54, 1.807) is 6.07 Å². The minimum Gasteiger partial charge on any atom is -0.483 e. The van der Waals surface area contributed by atoms with Gasteiger partial charge in [0.2, 0.25) is 11.8 Å². The average Bonchev–Trinajstić information content (AvgIpc) is 3.33. The Balaban J connectivity index is 0.00000272. The summed E-state index contributed by atoms with van der Waals surface area (Å²) < 4.78 is 5.54. The lowest BCUT2D eigenvalue weighted by Crippen LogP contribution is -2.54. The highest BCUT2D eigenvalue weighted by Crippen LogP contribution is 2.33. The first-order valence-electron chi connectivity index (χ1n) is 9.93. The number of hydrogen-bond acceptors (Lipinski definition) is 7. The quantitative estimate of drug-likeness (QED) is 0.509. The Bertz CT molecular complexity index is 930. The topological polar surface area (TPSA) is 134 Å². The number of benzene rings is 1. The van der Waals surface area contributed by atoms with Crippen LogP contribution in [0.3, 0.4) is 0 Å². The van der Waals surface area contributed by atoms with Crippen molar-refractivity contribution in [3.8, 4) is 5.75 Å². The van der Waals surface area contributed by atoms with E-state index < -0.39 is 29.7 Å². The second kappa shape index (κ2) is 9.44. The predicted octanol–water partition coefficient (Wildman–Crippen LogP) is -0.243. The maximum Gasteiger partial charge on any atom is 0.266 e. The van der Waals surface area contributed by atoms with E-state index in [1.165, 1.54) is 12.1 Å². The van der Waals surface area contributed by atoms with Crippen LogP contribution in [0.1, 0.15) is 46.4 Å². The first-order chi connectivity index (χ1) is 14.5. The van der Waals surface area contributed by atoms with E-state index >= 15 is 0 Å². The monoisotopic (exact) mass is 450 g/mol. The van der Waals surface area contributed by atoms with Gasteiger partial charge in [-0.25, -0.2) is 0 Å². The van der Waals surface area contributed by atoms with Crippen molar-refractivity contribution in [2.75, 3.05) is 19.7 Å². The van der Waals surface area contributed by atoms with E-state index in [1.807, 2.05) is 0 Å². The molecule has 10 nitrogen and oxygen atoms in total. The van der Waals surface area contributed by atoms with E-state index in [4.69, 9.17) is 4.74 Å². The summed E-state index contributed by atoms with van der Waals surface area (Å²) in [6.45, 7) is 1.13. The Morgan fingerprint density at radius 1 is 1.16 bits per heavy atom. The molecule has 11 heteroatoms. The molecule has 0 aromatic heterocycles. The Hall–Kier alpha value is -2.98. The Morgan fingerprint density at radius 3 is 2.68 bits per heavy atom. The number of ether oxygens (including phenoxy) is 1. The maximum absolute atomic E-state index is 13.0. The zero-order chi connectivity index (χ0) is 21.3. The van der Waals surface area contributed by atoms with Crippen LogP contribution in [0, 0.1) is 0 Å². The number of fused-ring (bicyclic) bond motifs is 1. The molecule has 2 unspecified atom stereocenters. The van der Waals surface area contributed by atoms with Gasteiger partial charge in [-0.05, 0) is 37.9 Å². The molecule has 2 atom stereocenters. The second-order valence-electron chi connectivity index (χ2n) is 7.51. The minimum absolute atomic E-state index is 0. The molecule has 2 fully saturated rings. The molecule has 3 aliphatic rings. The molecule has 1 aromatic rings. The molecule has 0 spiro atoms. The first-order valence-corrected chi connectivity index (χ1v) is 9.93. The number of rotatable bonds is 6. The third kappa shape index (κ3) is 4.54. The van der Waals surface area contributed by atoms with Gasteiger partial charge in [0.15, 0.2) is 6.61 Å². The molecule has 0 saturated carbocycles. The van der Waals surface area contributed by atoms with Gasteiger partial charge in [0, 0.05) is 19.0 Å². The fourth-order valence-corrected chi connectivity index (χ4v) is 3.97. The number of nitrogens with zero attached hydrogens (tertiary/aromatic N) is 1. The number of amides is 5. The highest BCUT2D eigenvalue weighted by atomic mass is 35.5. The van der Waals surface area contributed by atoms with Crippen molar-refractivity contribution < 1.29 is 28.7 Å². The minimum atomic E-state index is -1.05. The third-order valence-electron chi connectivity index (χ3n) is 5.50. The van der Waals surface area contributed by atoms with Crippen molar-refractivity contribution >= 4 is 41.9 Å². The number of nitrogens with one attached hydrogen (secondary N) is 3. The van der Waals surface area contributed by atoms with Gasteiger partial charge in [-0.1, -0.05) is 6.07 Å². The molecule has 3 heterocycles. The highest BCUT2D eigenvalue weighted by Gasteiger charge is 2.46. The molecule has 3 N–H and O–H groups in total. The molecule has 0 bridgehead atoms. The number of halogens is 1. The summed E-state index contributed by atoms with van der Waals surface area (Å²) in [6.07, 6.45) is 2.19. The van der Waals surface area contributed by atoms with Crippen molar-refractivity contribution in [2.45, 2.75) is 37.8 Å². The number of piperidine rings is 1. The van der Waals surface area contributed by atoms with E-state index in [0.717, 1.165) is 24.3 Å². The number of imide groups is 2. The zero-order valence-electron chi connectivity index (χ0n) is 16.6. The van der Waals surface area contributed by atoms with Gasteiger partial charge in [-0.3, -0.25) is 34.2 Å². The summed E-state index contributed by atoms with van der Waals surface area (Å²) in [5.74, 6) is -2.63. The van der Waals surface area contributed by atoms with Gasteiger partial charge in [0.05, 0.1) is 11.1 Å². The normalized spacial score (nSPS) is 22.6. The molecule has 0 aliphatic carbocycles. The van der Waals surface area contributed by atoms with Gasteiger partial charge in [0.1, 0.15) is 11.8 Å². The van der Waals surface area contributed by atoms with Crippen molar-refractivity contribution in [1.82, 2.24) is 20.9 Å². The van der Waals surface area contributed by atoms with Crippen LogP contribution in [0.25, 0.3) is 0 Å². The number of carbonyl (C=O) groups is 5. The van der Waals surface area contributed by atoms with Crippen molar-refractivity contribution in [3.05, 3.63) is 29.3 Å². The third-order valence-corrected chi connectivity index (χ3v) is 5.50. The summed E-state index contributed by atoms with van der Waals surface area (Å²) in [6, 6.07) is 3.72. The van der Waals surface area contributed by atoms with E-state index in [2.05, 4.69) is 16.0 Å². The van der Waals surface area contributed by atoms with Gasteiger partial charge in [-0.2, -0.15) is 0 Å². The van der Waals surface area contributed by atoms with E-state index in [-0.39, 0.29) is 60.7 Å². The van der Waals surface area contributed by atoms with Crippen LogP contribution >= 0.6 is 12.4 Å². The fourth-order valence-electron chi connectivity index (χ4n) is 3.97. The Labute approximate surface area is 184 Å². The van der Waals surface area contributed by atoms with E-state index in [9.17, 15) is 24.0 Å². The molecule has 4 rings (SSSR count). The second-order valence-corrected chi connectivity index (χ2v) is 7.51. The first kappa shape index (κ1) is 22.7. The molecule has 5 amide bonds. The van der Waals surface area contributed by atoms with E-state index in [0.29, 0.717) is 6.54 Å². The van der Waals surface area contributed by atoms with Gasteiger partial charge in [0.25, 0.3) is 17.7 Å². The average molecular weight is 451 g/mol. The van der Waals surface area contributed by atoms with Crippen LogP contribution in [-0.2, 0) is 14.4 Å². The molecular formula is C20H23ClN4O6. The van der Waals surface area contributed by atoms with Crippen LogP contribution in [-0.4, -0.2) is 66.2 Å². The lowest BCUT2D eigenvalue weighted by atomic mass is 10.0. The SMILES string of the molecule is Cl.O=C(COc1cccc2c1C(=O)N(C1CCC(=O)NC1=O)C2=O)NCC1CCCN1. The fraction of sp³-hybridized carbons (Fsp3) is 0.450. The Morgan fingerprint density at radius 2 is 1.97 bits per heavy atom. The van der Waals surface area contributed by atoms with Crippen LogP contribution in [0.15, 0.2) is 18.2 Å². The molecule has 2 saturated heterocycles. The number of hydrogen-bond donors (Lipinski definition) is 3. The van der Waals surface area contributed by atoms with Gasteiger partial charge in [-0.15, -0.1) is 12.4 Å². The maximum atomic E-state index is 13.0. The summed E-state index contributed by atoms with van der Waals surface area (Å²) in [4.78, 5) is 62.2.